The molecule has 0 bridgehead atoms. The van der Waals surface area contributed by atoms with Gasteiger partial charge >= 0.3 is 0 Å². The molecule has 2 aromatic heterocycles. The summed E-state index contributed by atoms with van der Waals surface area (Å²) in [7, 11) is 3.23. The Morgan fingerprint density at radius 1 is 0.968 bits per heavy atom. The first-order valence-corrected chi connectivity index (χ1v) is 9.53. The van der Waals surface area contributed by atoms with Crippen molar-refractivity contribution < 1.29 is 4.79 Å². The van der Waals surface area contributed by atoms with Gasteiger partial charge in [0.2, 0.25) is 0 Å². The molecule has 0 saturated heterocycles. The third kappa shape index (κ3) is 3.46. The average molecular weight is 416 g/mol. The zero-order chi connectivity index (χ0) is 22.1. The van der Waals surface area contributed by atoms with E-state index in [0.717, 1.165) is 10.4 Å². The first-order valence-electron chi connectivity index (χ1n) is 9.53. The van der Waals surface area contributed by atoms with E-state index in [9.17, 15) is 14.4 Å². The van der Waals surface area contributed by atoms with Gasteiger partial charge in [-0.2, -0.15) is 10.2 Å². The third-order valence-electron chi connectivity index (χ3n) is 5.07. The number of aryl methyl sites for hydroxylation is 1. The minimum atomic E-state index is -0.562. The molecule has 0 spiro atoms. The van der Waals surface area contributed by atoms with Gasteiger partial charge in [-0.05, 0) is 25.1 Å². The van der Waals surface area contributed by atoms with Gasteiger partial charge in [0.05, 0.1) is 23.0 Å². The van der Waals surface area contributed by atoms with Gasteiger partial charge in [0.1, 0.15) is 0 Å². The van der Waals surface area contributed by atoms with Crippen LogP contribution in [-0.4, -0.2) is 31.3 Å². The van der Waals surface area contributed by atoms with E-state index < -0.39 is 5.91 Å². The predicted molar refractivity (Wildman–Crippen MR) is 118 cm³/mol. The van der Waals surface area contributed by atoms with E-state index in [-0.39, 0.29) is 16.8 Å². The van der Waals surface area contributed by atoms with E-state index >= 15 is 0 Å². The summed E-state index contributed by atoms with van der Waals surface area (Å²) in [4.78, 5) is 37.6. The van der Waals surface area contributed by atoms with Gasteiger partial charge in [-0.25, -0.2) is 14.8 Å². The number of carbonyl (C=O) groups is 1. The standard InChI is InChI=1S/C22H20N6O3/c1-14-18(27(3)28(21(14)30)15-9-5-4-6-10-15)13-23-24-20(29)19-16-11-7-8-12-17(16)22(31)26(2)25-19/h4-13H,1-3H3,(H,24,29)/b23-13-. The highest BCUT2D eigenvalue weighted by atomic mass is 16.2. The van der Waals surface area contributed by atoms with E-state index in [1.807, 2.05) is 30.3 Å². The number of rotatable bonds is 4. The lowest BCUT2D eigenvalue weighted by molar-refractivity contribution is 0.0950. The van der Waals surface area contributed by atoms with Crippen LogP contribution in [0.3, 0.4) is 0 Å². The number of nitrogens with one attached hydrogen (secondary N) is 1. The van der Waals surface area contributed by atoms with E-state index in [1.165, 1.54) is 17.9 Å². The Labute approximate surface area is 176 Å². The largest absolute Gasteiger partial charge is 0.292 e. The highest BCUT2D eigenvalue weighted by Gasteiger charge is 2.16. The molecular formula is C22H20N6O3. The van der Waals surface area contributed by atoms with Crippen LogP contribution in [0.4, 0.5) is 0 Å². The second-order valence-corrected chi connectivity index (χ2v) is 7.01. The molecule has 4 aromatic rings. The topological polar surface area (TPSA) is 103 Å². The molecule has 1 amide bonds. The molecule has 0 radical (unpaired) electrons. The number of hydrogen-bond acceptors (Lipinski definition) is 5. The van der Waals surface area contributed by atoms with Crippen molar-refractivity contribution >= 4 is 22.9 Å². The molecule has 9 heteroatoms. The van der Waals surface area contributed by atoms with Crippen molar-refractivity contribution in [3.63, 3.8) is 0 Å². The molecule has 4 rings (SSSR count). The van der Waals surface area contributed by atoms with Crippen LogP contribution < -0.4 is 16.5 Å². The van der Waals surface area contributed by atoms with Crippen molar-refractivity contribution in [1.29, 1.82) is 0 Å². The molecule has 1 N–H and O–H groups in total. The number of benzene rings is 2. The lowest BCUT2D eigenvalue weighted by Gasteiger charge is -2.08. The van der Waals surface area contributed by atoms with Crippen molar-refractivity contribution in [3.05, 3.63) is 92.3 Å². The van der Waals surface area contributed by atoms with Crippen LogP contribution in [0.25, 0.3) is 16.5 Å². The molecule has 0 aliphatic carbocycles. The minimum absolute atomic E-state index is 0.0855. The molecule has 0 atom stereocenters. The fourth-order valence-corrected chi connectivity index (χ4v) is 3.47. The summed E-state index contributed by atoms with van der Waals surface area (Å²) < 4.78 is 4.32. The van der Waals surface area contributed by atoms with Crippen molar-refractivity contribution in [2.45, 2.75) is 6.92 Å². The van der Waals surface area contributed by atoms with E-state index in [1.54, 1.807) is 42.9 Å². The average Bonchev–Trinajstić information content (AvgIpc) is 2.99. The number of hydrazone groups is 1. The van der Waals surface area contributed by atoms with Gasteiger partial charge in [-0.3, -0.25) is 19.1 Å². The van der Waals surface area contributed by atoms with Gasteiger partial charge < -0.3 is 0 Å². The molecule has 0 fully saturated rings. The highest BCUT2D eigenvalue weighted by Crippen LogP contribution is 2.13. The Hall–Kier alpha value is -4.27. The van der Waals surface area contributed by atoms with Gasteiger partial charge in [0.25, 0.3) is 17.0 Å². The predicted octanol–water partition coefficient (Wildman–Crippen LogP) is 1.50. The number of hydrogen-bond donors (Lipinski definition) is 1. The number of carbonyl (C=O) groups excluding carboxylic acids is 1. The highest BCUT2D eigenvalue weighted by molar-refractivity contribution is 6.04. The summed E-state index contributed by atoms with van der Waals surface area (Å²) in [6, 6.07) is 16.0. The maximum atomic E-state index is 12.7. The lowest BCUT2D eigenvalue weighted by Crippen LogP contribution is -2.27. The summed E-state index contributed by atoms with van der Waals surface area (Å²) in [5, 5.41) is 8.94. The molecule has 2 aromatic carbocycles. The van der Waals surface area contributed by atoms with Crippen LogP contribution in [-0.2, 0) is 14.1 Å². The maximum absolute atomic E-state index is 12.7. The summed E-state index contributed by atoms with van der Waals surface area (Å²) in [6.45, 7) is 1.70. The van der Waals surface area contributed by atoms with E-state index in [4.69, 9.17) is 0 Å². The van der Waals surface area contributed by atoms with Crippen molar-refractivity contribution in [2.75, 3.05) is 0 Å². The van der Waals surface area contributed by atoms with Crippen LogP contribution in [0.1, 0.15) is 21.7 Å². The zero-order valence-corrected chi connectivity index (χ0v) is 17.2. The van der Waals surface area contributed by atoms with Crippen molar-refractivity contribution in [3.8, 4) is 5.69 Å². The Bertz CT molecular complexity index is 1440. The zero-order valence-electron chi connectivity index (χ0n) is 17.2. The first kappa shape index (κ1) is 20.0. The van der Waals surface area contributed by atoms with Crippen molar-refractivity contribution in [1.82, 2.24) is 24.6 Å². The molecule has 0 saturated carbocycles. The Morgan fingerprint density at radius 3 is 2.32 bits per heavy atom. The van der Waals surface area contributed by atoms with Gasteiger partial charge in [-0.1, -0.05) is 36.4 Å². The van der Waals surface area contributed by atoms with Gasteiger partial charge in [0.15, 0.2) is 5.69 Å². The number of para-hydroxylation sites is 1. The number of amides is 1. The summed E-state index contributed by atoms with van der Waals surface area (Å²) in [6.07, 6.45) is 1.41. The van der Waals surface area contributed by atoms with Crippen LogP contribution in [0.5, 0.6) is 0 Å². The Morgan fingerprint density at radius 2 is 1.61 bits per heavy atom. The lowest BCUT2D eigenvalue weighted by atomic mass is 10.1. The molecule has 0 unspecified atom stereocenters. The summed E-state index contributed by atoms with van der Waals surface area (Å²) >= 11 is 0. The van der Waals surface area contributed by atoms with Gasteiger partial charge in [0, 0.05) is 25.0 Å². The van der Waals surface area contributed by atoms with Crippen LogP contribution in [0.15, 0.2) is 69.3 Å². The quantitative estimate of drug-likeness (QED) is 0.402. The summed E-state index contributed by atoms with van der Waals surface area (Å²) in [5.41, 5.74) is 3.83. The monoisotopic (exact) mass is 416 g/mol. The summed E-state index contributed by atoms with van der Waals surface area (Å²) in [5.74, 6) is -0.562. The third-order valence-corrected chi connectivity index (χ3v) is 5.07. The molecular weight excluding hydrogens is 396 g/mol. The van der Waals surface area contributed by atoms with E-state index in [0.29, 0.717) is 22.0 Å². The Kier molecular flexibility index (Phi) is 5.08. The Balaban J connectivity index is 1.66. The molecule has 9 nitrogen and oxygen atoms in total. The smallest absolute Gasteiger partial charge is 0.279 e. The maximum Gasteiger partial charge on any atom is 0.292 e. The van der Waals surface area contributed by atoms with Crippen LogP contribution >= 0.6 is 0 Å². The second-order valence-electron chi connectivity index (χ2n) is 7.01. The minimum Gasteiger partial charge on any atom is -0.279 e. The first-order chi connectivity index (χ1) is 14.9. The molecule has 2 heterocycles. The normalized spacial score (nSPS) is 11.3. The number of aromatic nitrogens is 4. The van der Waals surface area contributed by atoms with E-state index in [2.05, 4.69) is 15.6 Å². The van der Waals surface area contributed by atoms with Gasteiger partial charge in [-0.15, -0.1) is 0 Å². The molecule has 0 aliphatic rings. The molecule has 0 aliphatic heterocycles. The molecule has 156 valence electrons. The fourth-order valence-electron chi connectivity index (χ4n) is 3.47. The van der Waals surface area contributed by atoms with Crippen LogP contribution in [0, 0.1) is 6.92 Å². The fraction of sp³-hybridized carbons (Fsp3) is 0.136. The second kappa shape index (κ2) is 7.86. The molecule has 31 heavy (non-hydrogen) atoms. The van der Waals surface area contributed by atoms with Crippen molar-refractivity contribution in [2.24, 2.45) is 19.2 Å². The van der Waals surface area contributed by atoms with Crippen LogP contribution in [0.2, 0.25) is 0 Å². The number of nitrogens with zero attached hydrogens (tertiary/aromatic N) is 5. The number of fused-ring (bicyclic) bond motifs is 1. The SMILES string of the molecule is Cc1c(/C=N\NC(=O)c2nn(C)c(=O)c3ccccc23)n(C)n(-c2ccccc2)c1=O.